The molecule has 28 heavy (non-hydrogen) atoms. The van der Waals surface area contributed by atoms with Crippen molar-refractivity contribution in [2.45, 2.75) is 12.6 Å². The number of carbonyl (C=O) groups excluding carboxylic acids is 1. The van der Waals surface area contributed by atoms with Gasteiger partial charge in [-0.3, -0.25) is 9.80 Å². The molecule has 2 saturated heterocycles. The van der Waals surface area contributed by atoms with Crippen molar-refractivity contribution in [3.05, 3.63) is 59.9 Å². The van der Waals surface area contributed by atoms with Gasteiger partial charge in [-0.05, 0) is 23.8 Å². The first-order valence-corrected chi connectivity index (χ1v) is 9.63. The van der Waals surface area contributed by atoms with Crippen LogP contribution in [0.15, 0.2) is 48.5 Å². The van der Waals surface area contributed by atoms with E-state index >= 15 is 0 Å². The summed E-state index contributed by atoms with van der Waals surface area (Å²) in [7, 11) is 0. The number of anilines is 2. The summed E-state index contributed by atoms with van der Waals surface area (Å²) in [6, 6.07) is 15.3. The van der Waals surface area contributed by atoms with Gasteiger partial charge in [-0.25, -0.2) is 9.18 Å². The third-order valence-corrected chi connectivity index (χ3v) is 5.34. The Kier molecular flexibility index (Phi) is 5.45. The Morgan fingerprint density at radius 3 is 2.46 bits per heavy atom. The molecule has 2 aliphatic heterocycles. The lowest BCUT2D eigenvalue weighted by atomic mass is 10.1. The maximum atomic E-state index is 14.8. The molecule has 1 atom stereocenters. The van der Waals surface area contributed by atoms with E-state index in [0.717, 1.165) is 32.7 Å². The predicted molar refractivity (Wildman–Crippen MR) is 107 cm³/mol. The van der Waals surface area contributed by atoms with E-state index in [1.165, 1.54) is 16.5 Å². The Morgan fingerprint density at radius 1 is 1.07 bits per heavy atom. The molecule has 6 nitrogen and oxygen atoms in total. The van der Waals surface area contributed by atoms with Gasteiger partial charge < -0.3 is 15.4 Å². The summed E-state index contributed by atoms with van der Waals surface area (Å²) in [5.74, 6) is -0.321. The van der Waals surface area contributed by atoms with Crippen LogP contribution in [-0.4, -0.2) is 56.4 Å². The van der Waals surface area contributed by atoms with Gasteiger partial charge in [-0.1, -0.05) is 30.3 Å². The van der Waals surface area contributed by atoms with Crippen molar-refractivity contribution in [2.75, 3.05) is 49.1 Å². The van der Waals surface area contributed by atoms with E-state index < -0.39 is 6.09 Å². The van der Waals surface area contributed by atoms with Crippen molar-refractivity contribution < 1.29 is 13.9 Å². The second kappa shape index (κ2) is 8.16. The average molecular weight is 384 g/mol. The fourth-order valence-corrected chi connectivity index (χ4v) is 3.76. The minimum Gasteiger partial charge on any atom is -0.443 e. The van der Waals surface area contributed by atoms with E-state index in [1.54, 1.807) is 12.1 Å². The van der Waals surface area contributed by atoms with E-state index in [0.29, 0.717) is 17.9 Å². The third-order valence-electron chi connectivity index (χ3n) is 5.34. The van der Waals surface area contributed by atoms with Crippen LogP contribution in [0.5, 0.6) is 0 Å². The van der Waals surface area contributed by atoms with E-state index in [4.69, 9.17) is 10.5 Å². The number of hydrogen-bond donors (Lipinski definition) is 1. The number of carbonyl (C=O) groups is 1. The Labute approximate surface area is 164 Å². The summed E-state index contributed by atoms with van der Waals surface area (Å²) in [5, 5.41) is 0. The van der Waals surface area contributed by atoms with Gasteiger partial charge in [0.25, 0.3) is 0 Å². The quantitative estimate of drug-likeness (QED) is 0.858. The number of rotatable bonds is 5. The van der Waals surface area contributed by atoms with Crippen LogP contribution in [0.3, 0.4) is 0 Å². The molecule has 4 rings (SSSR count). The highest BCUT2D eigenvalue weighted by molar-refractivity contribution is 5.90. The van der Waals surface area contributed by atoms with Gasteiger partial charge in [0.2, 0.25) is 0 Å². The molecule has 0 aliphatic carbocycles. The summed E-state index contributed by atoms with van der Waals surface area (Å²) >= 11 is 0. The molecular formula is C21H25FN4O2. The SMILES string of the molecule is NC[C@H]1CN(c2ccc(N3CCN(Cc4ccccc4)CC3)c(F)c2)C(=O)O1. The number of piperazine rings is 1. The minimum absolute atomic E-state index is 0.260. The summed E-state index contributed by atoms with van der Waals surface area (Å²) in [5.41, 5.74) is 7.93. The van der Waals surface area contributed by atoms with E-state index in [2.05, 4.69) is 34.1 Å². The van der Waals surface area contributed by atoms with E-state index in [1.807, 2.05) is 6.07 Å². The molecule has 7 heteroatoms. The molecule has 148 valence electrons. The van der Waals surface area contributed by atoms with Crippen LogP contribution in [0.4, 0.5) is 20.6 Å². The lowest BCUT2D eigenvalue weighted by Gasteiger charge is -2.36. The van der Waals surface area contributed by atoms with Crippen LogP contribution < -0.4 is 15.5 Å². The van der Waals surface area contributed by atoms with Crippen LogP contribution >= 0.6 is 0 Å². The lowest BCUT2D eigenvalue weighted by Crippen LogP contribution is -2.46. The zero-order valence-corrected chi connectivity index (χ0v) is 15.8. The fourth-order valence-electron chi connectivity index (χ4n) is 3.76. The minimum atomic E-state index is -0.475. The fraction of sp³-hybridized carbons (Fsp3) is 0.381. The maximum Gasteiger partial charge on any atom is 0.414 e. The standard InChI is InChI=1S/C21H25FN4O2/c22-19-12-17(26-15-18(13-23)28-21(26)27)6-7-20(19)25-10-8-24(9-11-25)14-16-4-2-1-3-5-16/h1-7,12,18H,8-11,13-15,23H2/t18-/m0/s1. The number of nitrogens with zero attached hydrogens (tertiary/aromatic N) is 3. The summed E-state index contributed by atoms with van der Waals surface area (Å²) < 4.78 is 19.9. The summed E-state index contributed by atoms with van der Waals surface area (Å²) in [4.78, 5) is 17.8. The number of cyclic esters (lactones) is 1. The molecule has 1 amide bonds. The van der Waals surface area contributed by atoms with Crippen molar-refractivity contribution in [3.8, 4) is 0 Å². The van der Waals surface area contributed by atoms with Crippen LogP contribution in [0.1, 0.15) is 5.56 Å². The number of nitrogens with two attached hydrogens (primary N) is 1. The molecular weight excluding hydrogens is 359 g/mol. The molecule has 2 aromatic carbocycles. The molecule has 0 unspecified atom stereocenters. The van der Waals surface area contributed by atoms with Crippen molar-refractivity contribution in [1.82, 2.24) is 4.90 Å². The highest BCUT2D eigenvalue weighted by Crippen LogP contribution is 2.28. The molecule has 2 fully saturated rings. The second-order valence-electron chi connectivity index (χ2n) is 7.24. The van der Waals surface area contributed by atoms with Crippen molar-refractivity contribution in [3.63, 3.8) is 0 Å². The molecule has 2 N–H and O–H groups in total. The molecule has 0 spiro atoms. The third kappa shape index (κ3) is 3.95. The van der Waals surface area contributed by atoms with Crippen molar-refractivity contribution >= 4 is 17.5 Å². The van der Waals surface area contributed by atoms with Gasteiger partial charge >= 0.3 is 6.09 Å². The molecule has 0 aromatic heterocycles. The van der Waals surface area contributed by atoms with Crippen LogP contribution in [0.25, 0.3) is 0 Å². The van der Waals surface area contributed by atoms with E-state index in [-0.39, 0.29) is 18.5 Å². The van der Waals surface area contributed by atoms with Gasteiger partial charge in [0.1, 0.15) is 11.9 Å². The van der Waals surface area contributed by atoms with Crippen LogP contribution in [0.2, 0.25) is 0 Å². The zero-order chi connectivity index (χ0) is 19.5. The van der Waals surface area contributed by atoms with E-state index in [9.17, 15) is 9.18 Å². The van der Waals surface area contributed by atoms with Crippen LogP contribution in [-0.2, 0) is 11.3 Å². The number of halogens is 1. The molecule has 2 heterocycles. The average Bonchev–Trinajstić information content (AvgIpc) is 3.10. The molecule has 0 saturated carbocycles. The number of benzene rings is 2. The van der Waals surface area contributed by atoms with Gasteiger partial charge in [-0.15, -0.1) is 0 Å². The number of ether oxygens (including phenoxy) is 1. The number of amides is 1. The van der Waals surface area contributed by atoms with Gasteiger partial charge in [0.05, 0.1) is 17.9 Å². The largest absolute Gasteiger partial charge is 0.443 e. The van der Waals surface area contributed by atoms with Gasteiger partial charge in [0, 0.05) is 39.3 Å². The smallest absolute Gasteiger partial charge is 0.414 e. The Morgan fingerprint density at radius 2 is 1.82 bits per heavy atom. The first-order valence-electron chi connectivity index (χ1n) is 9.63. The molecule has 0 bridgehead atoms. The molecule has 2 aromatic rings. The predicted octanol–water partition coefficient (Wildman–Crippen LogP) is 2.43. The maximum absolute atomic E-state index is 14.8. The lowest BCUT2D eigenvalue weighted by molar-refractivity contribution is 0.145. The Bertz CT molecular complexity index is 824. The van der Waals surface area contributed by atoms with Crippen molar-refractivity contribution in [2.24, 2.45) is 5.73 Å². The van der Waals surface area contributed by atoms with Gasteiger partial charge in [0.15, 0.2) is 0 Å². The second-order valence-corrected chi connectivity index (χ2v) is 7.24. The zero-order valence-electron chi connectivity index (χ0n) is 15.8. The monoisotopic (exact) mass is 384 g/mol. The highest BCUT2D eigenvalue weighted by Gasteiger charge is 2.32. The first kappa shape index (κ1) is 18.7. The Hall–Kier alpha value is -2.64. The molecule has 2 aliphatic rings. The first-order chi connectivity index (χ1) is 13.6. The topological polar surface area (TPSA) is 62.0 Å². The number of hydrogen-bond acceptors (Lipinski definition) is 5. The van der Waals surface area contributed by atoms with Crippen molar-refractivity contribution in [1.29, 1.82) is 0 Å². The highest BCUT2D eigenvalue weighted by atomic mass is 19.1. The van der Waals surface area contributed by atoms with Gasteiger partial charge in [-0.2, -0.15) is 0 Å². The normalized spacial score (nSPS) is 20.5. The summed E-state index contributed by atoms with van der Waals surface area (Å²) in [6.07, 6.45) is -0.815. The molecule has 0 radical (unpaired) electrons. The summed E-state index contributed by atoms with van der Waals surface area (Å²) in [6.45, 7) is 4.82. The Balaban J connectivity index is 1.38. The van der Waals surface area contributed by atoms with Crippen LogP contribution in [0, 0.1) is 5.82 Å².